The monoisotopic (exact) mass is 345 g/mol. The number of phenolic OH excluding ortho intramolecular Hbond substituents is 1. The van der Waals surface area contributed by atoms with Crippen LogP contribution in [0.25, 0.3) is 11.1 Å². The molecular weight excluding hydrogens is 334 g/mol. The van der Waals surface area contributed by atoms with Gasteiger partial charge in [-0.05, 0) is 30.3 Å². The molecule has 0 fully saturated rings. The summed E-state index contributed by atoms with van der Waals surface area (Å²) >= 11 is 5.90. The number of rotatable bonds is 4. The summed E-state index contributed by atoms with van der Waals surface area (Å²) in [5.41, 5.74) is 3.51. The van der Waals surface area contributed by atoms with Crippen molar-refractivity contribution in [2.45, 2.75) is 6.54 Å². The summed E-state index contributed by atoms with van der Waals surface area (Å²) in [5, 5.41) is 13.8. The number of hydrogen-bond donors (Lipinski definition) is 2. The van der Waals surface area contributed by atoms with Crippen molar-refractivity contribution in [3.63, 3.8) is 0 Å². The lowest BCUT2D eigenvalue weighted by Gasteiger charge is -2.02. The first-order valence-electron chi connectivity index (χ1n) is 6.93. The summed E-state index contributed by atoms with van der Waals surface area (Å²) < 4.78 is 6.20. The molecule has 2 N–H and O–H groups in total. The van der Waals surface area contributed by atoms with E-state index in [1.54, 1.807) is 36.4 Å². The van der Waals surface area contributed by atoms with Crippen LogP contribution in [0.2, 0.25) is 5.02 Å². The van der Waals surface area contributed by atoms with Crippen molar-refractivity contribution in [1.29, 1.82) is 0 Å². The highest BCUT2D eigenvalue weighted by Crippen LogP contribution is 2.18. The normalized spacial score (nSPS) is 11.2. The zero-order valence-corrected chi connectivity index (χ0v) is 13.0. The van der Waals surface area contributed by atoms with Crippen LogP contribution < -0.4 is 11.2 Å². The van der Waals surface area contributed by atoms with Crippen LogP contribution in [0.4, 0.5) is 0 Å². The summed E-state index contributed by atoms with van der Waals surface area (Å²) in [6.07, 6.45) is 1.31. The van der Waals surface area contributed by atoms with Crippen molar-refractivity contribution in [2.24, 2.45) is 5.10 Å². The lowest BCUT2D eigenvalue weighted by Crippen LogP contribution is -2.27. The van der Waals surface area contributed by atoms with E-state index in [2.05, 4.69) is 10.5 Å². The van der Waals surface area contributed by atoms with Crippen molar-refractivity contribution in [1.82, 2.24) is 9.99 Å². The standard InChI is InChI=1S/C16H12ClN3O4/c17-11-5-6-14-12(7-11)20(16(23)24-14)9-15(22)19-18-8-10-3-1-2-4-13(10)21/h1-8,21H,9H2,(H,19,22)/b18-8+. The van der Waals surface area contributed by atoms with Gasteiger partial charge in [0.25, 0.3) is 5.91 Å². The highest BCUT2D eigenvalue weighted by atomic mass is 35.5. The molecule has 0 aliphatic rings. The fourth-order valence-electron chi connectivity index (χ4n) is 2.13. The number of amides is 1. The number of phenols is 1. The zero-order valence-electron chi connectivity index (χ0n) is 12.3. The van der Waals surface area contributed by atoms with Gasteiger partial charge in [0.1, 0.15) is 12.3 Å². The fraction of sp³-hybridized carbons (Fsp3) is 0.0625. The maximum absolute atomic E-state index is 11.9. The first-order valence-corrected chi connectivity index (χ1v) is 7.31. The molecule has 0 spiro atoms. The third kappa shape index (κ3) is 3.31. The predicted octanol–water partition coefficient (Wildman–Crippen LogP) is 2.10. The molecule has 1 heterocycles. The number of benzene rings is 2. The van der Waals surface area contributed by atoms with Gasteiger partial charge < -0.3 is 9.52 Å². The number of aromatic nitrogens is 1. The average Bonchev–Trinajstić information content (AvgIpc) is 2.85. The third-order valence-electron chi connectivity index (χ3n) is 3.26. The smallest absolute Gasteiger partial charge is 0.420 e. The summed E-state index contributed by atoms with van der Waals surface area (Å²) in [5.74, 6) is -1.14. The second kappa shape index (κ2) is 6.59. The molecule has 8 heteroatoms. The van der Waals surface area contributed by atoms with Crippen LogP contribution in [-0.4, -0.2) is 21.8 Å². The van der Waals surface area contributed by atoms with Gasteiger partial charge in [-0.15, -0.1) is 0 Å². The molecule has 2 aromatic carbocycles. The Morgan fingerprint density at radius 1 is 1.33 bits per heavy atom. The van der Waals surface area contributed by atoms with Gasteiger partial charge in [0.15, 0.2) is 5.58 Å². The second-order valence-electron chi connectivity index (χ2n) is 4.92. The van der Waals surface area contributed by atoms with Crippen LogP contribution in [0, 0.1) is 0 Å². The number of nitrogens with zero attached hydrogens (tertiary/aromatic N) is 2. The summed E-state index contributed by atoms with van der Waals surface area (Å²) in [4.78, 5) is 23.8. The number of aromatic hydroxyl groups is 1. The SMILES string of the molecule is O=C(Cn1c(=O)oc2ccc(Cl)cc21)N/N=C/c1ccccc1O. The van der Waals surface area contributed by atoms with Gasteiger partial charge in [0.2, 0.25) is 0 Å². The van der Waals surface area contributed by atoms with E-state index in [1.807, 2.05) is 0 Å². The van der Waals surface area contributed by atoms with Crippen LogP contribution >= 0.6 is 11.6 Å². The number of hydrazone groups is 1. The van der Waals surface area contributed by atoms with E-state index < -0.39 is 11.7 Å². The van der Waals surface area contributed by atoms with E-state index in [-0.39, 0.29) is 12.3 Å². The highest BCUT2D eigenvalue weighted by molar-refractivity contribution is 6.31. The first kappa shape index (κ1) is 15.8. The Bertz CT molecular complexity index is 990. The van der Waals surface area contributed by atoms with Crippen molar-refractivity contribution in [3.05, 3.63) is 63.6 Å². The Hall–Kier alpha value is -3.06. The van der Waals surface area contributed by atoms with Gasteiger partial charge in [-0.2, -0.15) is 5.10 Å². The molecule has 24 heavy (non-hydrogen) atoms. The molecular formula is C16H12ClN3O4. The minimum Gasteiger partial charge on any atom is -0.507 e. The molecule has 7 nitrogen and oxygen atoms in total. The van der Waals surface area contributed by atoms with Crippen LogP contribution in [-0.2, 0) is 11.3 Å². The molecule has 3 aromatic rings. The Morgan fingerprint density at radius 2 is 2.12 bits per heavy atom. The highest BCUT2D eigenvalue weighted by Gasteiger charge is 2.12. The molecule has 3 rings (SSSR count). The molecule has 1 aromatic heterocycles. The van der Waals surface area contributed by atoms with Gasteiger partial charge in [0, 0.05) is 10.6 Å². The van der Waals surface area contributed by atoms with E-state index >= 15 is 0 Å². The quantitative estimate of drug-likeness (QED) is 0.559. The summed E-state index contributed by atoms with van der Waals surface area (Å²) in [7, 11) is 0. The van der Waals surface area contributed by atoms with Crippen LogP contribution in [0.5, 0.6) is 5.75 Å². The van der Waals surface area contributed by atoms with Crippen molar-refractivity contribution in [3.8, 4) is 5.75 Å². The summed E-state index contributed by atoms with van der Waals surface area (Å²) in [6.45, 7) is -0.274. The minimum atomic E-state index is -0.660. The number of nitrogens with one attached hydrogen (secondary N) is 1. The van der Waals surface area contributed by atoms with Gasteiger partial charge >= 0.3 is 5.76 Å². The number of halogens is 1. The maximum Gasteiger partial charge on any atom is 0.420 e. The van der Waals surface area contributed by atoms with E-state index in [1.165, 1.54) is 12.3 Å². The molecule has 122 valence electrons. The topological polar surface area (TPSA) is 96.8 Å². The Labute approximate surface area is 140 Å². The molecule has 0 radical (unpaired) electrons. The Balaban J connectivity index is 1.74. The average molecular weight is 346 g/mol. The van der Waals surface area contributed by atoms with Gasteiger partial charge in [-0.1, -0.05) is 23.7 Å². The first-order chi connectivity index (χ1) is 11.5. The number of para-hydroxylation sites is 1. The molecule has 0 aliphatic carbocycles. The summed E-state index contributed by atoms with van der Waals surface area (Å²) in [6, 6.07) is 11.2. The molecule has 0 unspecified atom stereocenters. The molecule has 0 saturated heterocycles. The molecule has 0 bridgehead atoms. The Morgan fingerprint density at radius 3 is 2.92 bits per heavy atom. The third-order valence-corrected chi connectivity index (χ3v) is 3.50. The molecule has 0 saturated carbocycles. The van der Waals surface area contributed by atoms with Crippen LogP contribution in [0.3, 0.4) is 0 Å². The van der Waals surface area contributed by atoms with E-state index in [9.17, 15) is 14.7 Å². The van der Waals surface area contributed by atoms with E-state index in [0.29, 0.717) is 21.7 Å². The van der Waals surface area contributed by atoms with Crippen molar-refractivity contribution in [2.75, 3.05) is 0 Å². The lowest BCUT2D eigenvalue weighted by molar-refractivity contribution is -0.121. The Kier molecular flexibility index (Phi) is 4.35. The number of fused-ring (bicyclic) bond motifs is 1. The second-order valence-corrected chi connectivity index (χ2v) is 5.35. The van der Waals surface area contributed by atoms with Gasteiger partial charge in [0.05, 0.1) is 11.7 Å². The van der Waals surface area contributed by atoms with Crippen molar-refractivity contribution >= 4 is 34.8 Å². The lowest BCUT2D eigenvalue weighted by atomic mass is 10.2. The van der Waals surface area contributed by atoms with Crippen molar-refractivity contribution < 1.29 is 14.3 Å². The van der Waals surface area contributed by atoms with E-state index in [0.717, 1.165) is 4.57 Å². The van der Waals surface area contributed by atoms with Gasteiger partial charge in [-0.3, -0.25) is 9.36 Å². The van der Waals surface area contributed by atoms with Gasteiger partial charge in [-0.25, -0.2) is 10.2 Å². The molecule has 1 amide bonds. The number of carbonyl (C=O) groups excluding carboxylic acids is 1. The number of hydrogen-bond acceptors (Lipinski definition) is 5. The fourth-order valence-corrected chi connectivity index (χ4v) is 2.30. The maximum atomic E-state index is 11.9. The zero-order chi connectivity index (χ0) is 17.1. The minimum absolute atomic E-state index is 0.0437. The van der Waals surface area contributed by atoms with Crippen LogP contribution in [0.15, 0.2) is 56.8 Å². The molecule has 0 atom stereocenters. The largest absolute Gasteiger partial charge is 0.507 e. The predicted molar refractivity (Wildman–Crippen MR) is 89.3 cm³/mol. The number of oxazole rings is 1. The van der Waals surface area contributed by atoms with E-state index in [4.69, 9.17) is 16.0 Å². The number of carbonyl (C=O) groups is 1. The van der Waals surface area contributed by atoms with Crippen LogP contribution in [0.1, 0.15) is 5.56 Å². The molecule has 0 aliphatic heterocycles.